The number of aromatic nitrogens is 3. The quantitative estimate of drug-likeness (QED) is 0.235. The second-order valence-electron chi connectivity index (χ2n) is 10.7. The predicted molar refractivity (Wildman–Crippen MR) is 148 cm³/mol. The van der Waals surface area contributed by atoms with Gasteiger partial charge in [0.25, 0.3) is 11.8 Å². The number of ether oxygens (including phenoxy) is 1. The van der Waals surface area contributed by atoms with Crippen LogP contribution in [0.4, 0.5) is 5.95 Å². The van der Waals surface area contributed by atoms with Crippen LogP contribution in [0.1, 0.15) is 66.1 Å². The van der Waals surface area contributed by atoms with Gasteiger partial charge in [-0.15, -0.1) is 0 Å². The van der Waals surface area contributed by atoms with Gasteiger partial charge in [-0.3, -0.25) is 0 Å². The summed E-state index contributed by atoms with van der Waals surface area (Å²) in [5.74, 6) is 1.08. The van der Waals surface area contributed by atoms with Gasteiger partial charge in [0, 0.05) is 34.7 Å². The van der Waals surface area contributed by atoms with Crippen molar-refractivity contribution in [3.8, 4) is 22.7 Å². The van der Waals surface area contributed by atoms with Crippen molar-refractivity contribution in [3.63, 3.8) is 0 Å². The number of rotatable bonds is 8. The first kappa shape index (κ1) is 25.6. The second-order valence-corrected chi connectivity index (χ2v) is 11.5. The van der Waals surface area contributed by atoms with Crippen LogP contribution in [0.3, 0.4) is 0 Å². The van der Waals surface area contributed by atoms with E-state index in [1.54, 1.807) is 30.3 Å². The van der Waals surface area contributed by atoms with Crippen molar-refractivity contribution < 1.29 is 23.7 Å². The van der Waals surface area contributed by atoms with Crippen LogP contribution < -0.4 is 4.90 Å². The third kappa shape index (κ3) is 4.66. The number of hydrogen-bond acceptors (Lipinski definition) is 8. The van der Waals surface area contributed by atoms with E-state index in [1.807, 2.05) is 6.07 Å². The highest BCUT2D eigenvalue weighted by molar-refractivity contribution is 6.39. The first-order valence-corrected chi connectivity index (χ1v) is 14.2. The highest BCUT2D eigenvalue weighted by Gasteiger charge is 2.43. The van der Waals surface area contributed by atoms with Crippen LogP contribution in [0, 0.1) is 0 Å². The molecular weight excluding hydrogens is 555 g/mol. The molecule has 4 heterocycles. The number of halogens is 2. The Bertz CT molecular complexity index is 1550. The zero-order valence-corrected chi connectivity index (χ0v) is 22.9. The van der Waals surface area contributed by atoms with Crippen molar-refractivity contribution >= 4 is 35.1 Å². The number of nitrogens with zero attached hydrogens (tertiary/aromatic N) is 4. The van der Waals surface area contributed by atoms with E-state index in [0.29, 0.717) is 51.2 Å². The van der Waals surface area contributed by atoms with Gasteiger partial charge in [-0.1, -0.05) is 40.5 Å². The molecule has 3 atom stereocenters. The van der Waals surface area contributed by atoms with E-state index in [-0.39, 0.29) is 23.8 Å². The maximum atomic E-state index is 11.4. The van der Waals surface area contributed by atoms with Crippen LogP contribution in [-0.2, 0) is 11.3 Å². The highest BCUT2D eigenvalue weighted by Crippen LogP contribution is 2.47. The molecule has 2 aromatic heterocycles. The number of carboxylic acid groups (broad SMARTS) is 1. The smallest absolute Gasteiger partial charge is 0.335 e. The average molecular weight is 581 g/mol. The first-order valence-electron chi connectivity index (χ1n) is 13.5. The average Bonchev–Trinajstić information content (AvgIpc) is 3.41. The molecule has 1 saturated carbocycles. The number of aromatic carboxylic acids is 1. The number of benzene rings is 2. The molecule has 7 rings (SSSR count). The summed E-state index contributed by atoms with van der Waals surface area (Å²) in [4.78, 5) is 18.2. The Morgan fingerprint density at radius 3 is 2.42 bits per heavy atom. The molecule has 0 radical (unpaired) electrons. The minimum Gasteiger partial charge on any atom is -0.478 e. The van der Waals surface area contributed by atoms with E-state index in [2.05, 4.69) is 20.2 Å². The van der Waals surface area contributed by atoms with E-state index in [4.69, 9.17) is 37.0 Å². The number of anilines is 1. The minimum atomic E-state index is -1.00. The van der Waals surface area contributed by atoms with E-state index >= 15 is 0 Å². The maximum Gasteiger partial charge on any atom is 0.335 e. The molecule has 2 saturated heterocycles. The molecule has 11 heteroatoms. The van der Waals surface area contributed by atoms with Crippen molar-refractivity contribution in [2.75, 3.05) is 4.90 Å². The normalized spacial score (nSPS) is 22.1. The number of carboxylic acids is 1. The Labute approximate surface area is 240 Å². The van der Waals surface area contributed by atoms with Gasteiger partial charge in [-0.05, 0) is 74.0 Å². The number of piperidine rings is 1. The largest absolute Gasteiger partial charge is 0.478 e. The van der Waals surface area contributed by atoms with E-state index in [1.165, 1.54) is 6.07 Å². The molecule has 1 unspecified atom stereocenters. The molecule has 2 aromatic carbocycles. The lowest BCUT2D eigenvalue weighted by molar-refractivity contribution is 0.0144. The molecule has 9 nitrogen and oxygen atoms in total. The van der Waals surface area contributed by atoms with Gasteiger partial charge in [-0.2, -0.15) is 4.98 Å². The summed E-state index contributed by atoms with van der Waals surface area (Å²) < 4.78 is 17.9. The van der Waals surface area contributed by atoms with Crippen LogP contribution in [-0.4, -0.2) is 44.6 Å². The molecule has 2 bridgehead atoms. The molecule has 0 amide bonds. The highest BCUT2D eigenvalue weighted by atomic mass is 35.5. The Morgan fingerprint density at radius 2 is 1.73 bits per heavy atom. The number of carbonyl (C=O) groups is 1. The van der Waals surface area contributed by atoms with Crippen LogP contribution in [0.25, 0.3) is 22.7 Å². The summed E-state index contributed by atoms with van der Waals surface area (Å²) in [6.07, 6.45) is 5.92. The van der Waals surface area contributed by atoms with Crippen molar-refractivity contribution in [3.05, 3.63) is 69.4 Å². The van der Waals surface area contributed by atoms with Gasteiger partial charge >= 0.3 is 5.97 Å². The summed E-state index contributed by atoms with van der Waals surface area (Å²) in [5, 5.41) is 19.0. The van der Waals surface area contributed by atoms with Gasteiger partial charge in [-0.25, -0.2) is 4.79 Å². The molecule has 1 N–H and O–H groups in total. The van der Waals surface area contributed by atoms with Gasteiger partial charge < -0.3 is 23.8 Å². The molecule has 3 fully saturated rings. The maximum absolute atomic E-state index is 11.4. The summed E-state index contributed by atoms with van der Waals surface area (Å²) in [7, 11) is 0. The summed E-state index contributed by atoms with van der Waals surface area (Å²) >= 11 is 13.0. The van der Waals surface area contributed by atoms with Gasteiger partial charge in [0.2, 0.25) is 0 Å². The van der Waals surface area contributed by atoms with Crippen molar-refractivity contribution in [1.82, 2.24) is 15.3 Å². The molecule has 4 aromatic rings. The predicted octanol–water partition coefficient (Wildman–Crippen LogP) is 6.99. The SMILES string of the molecule is O=C(O)c1cccc(-c2nc(N3[C@@H]4CC[C@H]3CC(OCc3c(-c5c(Cl)cccc5Cl)noc3C3CC3)C4)no2)c1. The molecule has 40 heavy (non-hydrogen) atoms. The van der Waals surface area contributed by atoms with E-state index in [0.717, 1.165) is 49.8 Å². The zero-order valence-electron chi connectivity index (χ0n) is 21.4. The van der Waals surface area contributed by atoms with Crippen LogP contribution in [0.5, 0.6) is 0 Å². The summed E-state index contributed by atoms with van der Waals surface area (Å²) in [6.45, 7) is 0.378. The van der Waals surface area contributed by atoms with Crippen molar-refractivity contribution in [2.45, 2.75) is 69.2 Å². The molecule has 2 aliphatic heterocycles. The monoisotopic (exact) mass is 580 g/mol. The molecule has 1 aliphatic carbocycles. The lowest BCUT2D eigenvalue weighted by Crippen LogP contribution is -2.46. The molecule has 206 valence electrons. The molecular formula is C29H26Cl2N4O5. The lowest BCUT2D eigenvalue weighted by Gasteiger charge is -2.37. The lowest BCUT2D eigenvalue weighted by atomic mass is 9.99. The van der Waals surface area contributed by atoms with Crippen LogP contribution in [0.2, 0.25) is 10.0 Å². The molecule has 0 spiro atoms. The van der Waals surface area contributed by atoms with Crippen LogP contribution >= 0.6 is 23.2 Å². The van der Waals surface area contributed by atoms with E-state index in [9.17, 15) is 9.90 Å². The van der Waals surface area contributed by atoms with Crippen LogP contribution in [0.15, 0.2) is 51.5 Å². The second kappa shape index (κ2) is 10.2. The fraction of sp³-hybridized carbons (Fsp3) is 0.379. The topological polar surface area (TPSA) is 115 Å². The first-order chi connectivity index (χ1) is 19.5. The number of fused-ring (bicyclic) bond motifs is 2. The Kier molecular flexibility index (Phi) is 6.53. The Morgan fingerprint density at radius 1 is 1.00 bits per heavy atom. The van der Waals surface area contributed by atoms with Gasteiger partial charge in [0.1, 0.15) is 11.5 Å². The van der Waals surface area contributed by atoms with Crippen molar-refractivity contribution in [2.24, 2.45) is 0 Å². The fourth-order valence-corrected chi connectivity index (χ4v) is 6.64. The standard InChI is InChI=1S/C29H26Cl2N4O5/c30-22-5-2-6-23(31)24(22)25-21(26(39-33-25)15-7-8-15)14-38-20-12-18-9-10-19(13-20)35(18)29-32-27(40-34-29)16-3-1-4-17(11-16)28(36)37/h1-6,11,15,18-20H,7-10,12-14H2,(H,36,37)/t18-,19+,20?. The van der Waals surface area contributed by atoms with Gasteiger partial charge in [0.05, 0.1) is 28.3 Å². The Balaban J connectivity index is 1.07. The van der Waals surface area contributed by atoms with Gasteiger partial charge in [0.15, 0.2) is 0 Å². The van der Waals surface area contributed by atoms with E-state index < -0.39 is 5.97 Å². The third-order valence-corrected chi connectivity index (χ3v) is 8.75. The summed E-state index contributed by atoms with van der Waals surface area (Å²) in [5.41, 5.74) is 3.02. The van der Waals surface area contributed by atoms with Crippen molar-refractivity contribution in [1.29, 1.82) is 0 Å². The third-order valence-electron chi connectivity index (χ3n) is 8.12. The molecule has 3 aliphatic rings. The number of hydrogen-bond donors (Lipinski definition) is 1. The summed E-state index contributed by atoms with van der Waals surface area (Å²) in [6, 6.07) is 12.4. The zero-order chi connectivity index (χ0) is 27.4. The fourth-order valence-electron chi connectivity index (χ4n) is 6.06. The minimum absolute atomic E-state index is 0.0592. The Hall–Kier alpha value is -3.40.